The number of carbonyl (C=O) groups excluding carboxylic acids is 1. The molecule has 3 N–H and O–H groups in total. The Morgan fingerprint density at radius 1 is 1.31 bits per heavy atom. The number of likely N-dealkylation sites (tertiary alicyclic amines) is 1. The number of fused-ring (bicyclic) bond motifs is 1. The van der Waals surface area contributed by atoms with Crippen LogP contribution < -0.4 is 11.1 Å². The standard InChI is InChI=1S/C18H21N7O/c19-8-18(26)24-6-3-4-13(12-24)22-17-11-20-10-15(23-17)14-9-21-25-7-2-1-5-16(14)25/h1-2,5,7,9-11,13H,3-4,6,8,12,19H2,(H,22,23)/t13-/m1/s1. The summed E-state index contributed by atoms with van der Waals surface area (Å²) in [5, 5.41) is 7.76. The van der Waals surface area contributed by atoms with Crippen molar-refractivity contribution in [1.29, 1.82) is 0 Å². The molecule has 0 aromatic carbocycles. The fourth-order valence-corrected chi connectivity index (χ4v) is 3.36. The Balaban J connectivity index is 1.54. The fourth-order valence-electron chi connectivity index (χ4n) is 3.36. The Labute approximate surface area is 151 Å². The smallest absolute Gasteiger partial charge is 0.236 e. The molecule has 8 heteroatoms. The maximum absolute atomic E-state index is 11.8. The maximum atomic E-state index is 11.8. The zero-order valence-electron chi connectivity index (χ0n) is 14.4. The van der Waals surface area contributed by atoms with Crippen molar-refractivity contribution in [3.05, 3.63) is 43.0 Å². The Morgan fingerprint density at radius 2 is 2.23 bits per heavy atom. The summed E-state index contributed by atoms with van der Waals surface area (Å²) in [7, 11) is 0. The van der Waals surface area contributed by atoms with Crippen molar-refractivity contribution in [3.8, 4) is 11.3 Å². The summed E-state index contributed by atoms with van der Waals surface area (Å²) in [6.07, 6.45) is 9.07. The first kappa shape index (κ1) is 16.5. The summed E-state index contributed by atoms with van der Waals surface area (Å²) in [6.45, 7) is 1.46. The van der Waals surface area contributed by atoms with Crippen LogP contribution in [0.4, 0.5) is 5.82 Å². The molecule has 1 fully saturated rings. The van der Waals surface area contributed by atoms with Crippen LogP contribution in [0.3, 0.4) is 0 Å². The quantitative estimate of drug-likeness (QED) is 0.731. The third-order valence-electron chi connectivity index (χ3n) is 4.64. The average molecular weight is 351 g/mol. The molecule has 0 unspecified atom stereocenters. The summed E-state index contributed by atoms with van der Waals surface area (Å²) in [6, 6.07) is 6.06. The van der Waals surface area contributed by atoms with E-state index in [4.69, 9.17) is 10.7 Å². The summed E-state index contributed by atoms with van der Waals surface area (Å²) in [5.41, 5.74) is 8.16. The molecule has 0 aliphatic carbocycles. The van der Waals surface area contributed by atoms with Crippen LogP contribution in [0.5, 0.6) is 0 Å². The van der Waals surface area contributed by atoms with E-state index in [0.29, 0.717) is 12.4 Å². The molecule has 4 heterocycles. The van der Waals surface area contributed by atoms with Gasteiger partial charge in [-0.05, 0) is 25.0 Å². The molecule has 134 valence electrons. The number of amides is 1. The molecule has 4 rings (SSSR count). The highest BCUT2D eigenvalue weighted by Crippen LogP contribution is 2.23. The summed E-state index contributed by atoms with van der Waals surface area (Å²) in [4.78, 5) is 22.7. The van der Waals surface area contributed by atoms with Crippen LogP contribution in [0.25, 0.3) is 16.8 Å². The number of nitrogens with zero attached hydrogens (tertiary/aromatic N) is 5. The number of nitrogens with two attached hydrogens (primary N) is 1. The predicted molar refractivity (Wildman–Crippen MR) is 98.5 cm³/mol. The first-order valence-electron chi connectivity index (χ1n) is 8.74. The van der Waals surface area contributed by atoms with Gasteiger partial charge in [0.1, 0.15) is 5.82 Å². The van der Waals surface area contributed by atoms with Gasteiger partial charge in [0, 0.05) is 30.9 Å². The first-order valence-corrected chi connectivity index (χ1v) is 8.74. The lowest BCUT2D eigenvalue weighted by Gasteiger charge is -2.33. The molecule has 1 aliphatic heterocycles. The van der Waals surface area contributed by atoms with Crippen LogP contribution in [-0.2, 0) is 4.79 Å². The van der Waals surface area contributed by atoms with E-state index in [2.05, 4.69) is 15.4 Å². The van der Waals surface area contributed by atoms with E-state index in [-0.39, 0.29) is 18.5 Å². The lowest BCUT2D eigenvalue weighted by molar-refractivity contribution is -0.130. The summed E-state index contributed by atoms with van der Waals surface area (Å²) in [5.74, 6) is 0.688. The van der Waals surface area contributed by atoms with Crippen molar-refractivity contribution in [3.63, 3.8) is 0 Å². The third-order valence-corrected chi connectivity index (χ3v) is 4.64. The molecule has 1 saturated heterocycles. The van der Waals surface area contributed by atoms with Crippen LogP contribution in [0.1, 0.15) is 12.8 Å². The van der Waals surface area contributed by atoms with Gasteiger partial charge in [-0.25, -0.2) is 9.50 Å². The maximum Gasteiger partial charge on any atom is 0.236 e. The Bertz CT molecular complexity index is 923. The number of nitrogens with one attached hydrogen (secondary N) is 1. The molecule has 8 nitrogen and oxygen atoms in total. The molecule has 0 radical (unpaired) electrons. The SMILES string of the molecule is NCC(=O)N1CCC[C@@H](Nc2cncc(-c3cnn4ccccc34)n2)C1. The van der Waals surface area contributed by atoms with Gasteiger partial charge < -0.3 is 16.0 Å². The number of rotatable bonds is 4. The van der Waals surface area contributed by atoms with Crippen LogP contribution in [0.2, 0.25) is 0 Å². The zero-order chi connectivity index (χ0) is 17.9. The lowest BCUT2D eigenvalue weighted by Crippen LogP contribution is -2.47. The van der Waals surface area contributed by atoms with Crippen LogP contribution in [-0.4, -0.2) is 56.1 Å². The van der Waals surface area contributed by atoms with Gasteiger partial charge in [-0.3, -0.25) is 9.78 Å². The number of aromatic nitrogens is 4. The molecule has 0 saturated carbocycles. The minimum atomic E-state index is -0.0114. The summed E-state index contributed by atoms with van der Waals surface area (Å²) >= 11 is 0. The van der Waals surface area contributed by atoms with Crippen molar-refractivity contribution in [2.45, 2.75) is 18.9 Å². The molecule has 1 aliphatic rings. The number of anilines is 1. The van der Waals surface area contributed by atoms with Crippen molar-refractivity contribution in [2.75, 3.05) is 25.0 Å². The Kier molecular flexibility index (Phi) is 4.49. The van der Waals surface area contributed by atoms with Gasteiger partial charge in [0.15, 0.2) is 0 Å². The Morgan fingerprint density at radius 3 is 3.12 bits per heavy atom. The molecule has 0 bridgehead atoms. The van der Waals surface area contributed by atoms with Crippen molar-refractivity contribution < 1.29 is 4.79 Å². The van der Waals surface area contributed by atoms with E-state index in [9.17, 15) is 4.79 Å². The second-order valence-electron chi connectivity index (χ2n) is 6.41. The van der Waals surface area contributed by atoms with Crippen LogP contribution in [0, 0.1) is 0 Å². The van der Waals surface area contributed by atoms with Gasteiger partial charge in [-0.15, -0.1) is 0 Å². The monoisotopic (exact) mass is 351 g/mol. The molecule has 1 atom stereocenters. The van der Waals surface area contributed by atoms with E-state index in [0.717, 1.165) is 36.2 Å². The lowest BCUT2D eigenvalue weighted by atomic mass is 10.1. The van der Waals surface area contributed by atoms with Gasteiger partial charge in [0.2, 0.25) is 5.91 Å². The fraction of sp³-hybridized carbons (Fsp3) is 0.333. The van der Waals surface area contributed by atoms with E-state index in [1.54, 1.807) is 18.6 Å². The number of hydrogen-bond donors (Lipinski definition) is 2. The van der Waals surface area contributed by atoms with Gasteiger partial charge >= 0.3 is 0 Å². The van der Waals surface area contributed by atoms with E-state index < -0.39 is 0 Å². The predicted octanol–water partition coefficient (Wildman–Crippen LogP) is 1.15. The first-order chi connectivity index (χ1) is 12.7. The van der Waals surface area contributed by atoms with Gasteiger partial charge in [-0.2, -0.15) is 5.10 Å². The van der Waals surface area contributed by atoms with Gasteiger partial charge in [0.05, 0.1) is 36.3 Å². The highest BCUT2D eigenvalue weighted by molar-refractivity contribution is 5.78. The Hall–Kier alpha value is -3.00. The largest absolute Gasteiger partial charge is 0.364 e. The van der Waals surface area contributed by atoms with E-state index in [1.807, 2.05) is 33.8 Å². The second kappa shape index (κ2) is 7.09. The molecular weight excluding hydrogens is 330 g/mol. The molecule has 0 spiro atoms. The molecule has 3 aromatic heterocycles. The molecule has 3 aromatic rings. The topological polar surface area (TPSA) is 101 Å². The number of hydrogen-bond acceptors (Lipinski definition) is 6. The van der Waals surface area contributed by atoms with Crippen LogP contribution >= 0.6 is 0 Å². The van der Waals surface area contributed by atoms with Crippen molar-refractivity contribution >= 4 is 17.2 Å². The second-order valence-corrected chi connectivity index (χ2v) is 6.41. The number of pyridine rings is 1. The van der Waals surface area contributed by atoms with Gasteiger partial charge in [-0.1, -0.05) is 6.07 Å². The normalized spacial score (nSPS) is 17.4. The average Bonchev–Trinajstić information content (AvgIpc) is 3.12. The van der Waals surface area contributed by atoms with Crippen LogP contribution in [0.15, 0.2) is 43.0 Å². The number of piperidine rings is 1. The molecular formula is C18H21N7O. The zero-order valence-corrected chi connectivity index (χ0v) is 14.4. The molecule has 26 heavy (non-hydrogen) atoms. The summed E-state index contributed by atoms with van der Waals surface area (Å²) < 4.78 is 1.81. The third kappa shape index (κ3) is 3.23. The molecule has 1 amide bonds. The van der Waals surface area contributed by atoms with Crippen molar-refractivity contribution in [1.82, 2.24) is 24.5 Å². The van der Waals surface area contributed by atoms with E-state index >= 15 is 0 Å². The van der Waals surface area contributed by atoms with Gasteiger partial charge in [0.25, 0.3) is 0 Å². The minimum absolute atomic E-state index is 0.0114. The van der Waals surface area contributed by atoms with Crippen molar-refractivity contribution in [2.24, 2.45) is 5.73 Å². The highest BCUT2D eigenvalue weighted by Gasteiger charge is 2.23. The highest BCUT2D eigenvalue weighted by atomic mass is 16.2. The van der Waals surface area contributed by atoms with E-state index in [1.165, 1.54) is 0 Å². The minimum Gasteiger partial charge on any atom is -0.364 e. The number of carbonyl (C=O) groups is 1.